The number of pyridine rings is 1. The van der Waals surface area contributed by atoms with Gasteiger partial charge in [0.25, 0.3) is 0 Å². The van der Waals surface area contributed by atoms with Crippen molar-refractivity contribution in [3.8, 4) is 11.1 Å². The summed E-state index contributed by atoms with van der Waals surface area (Å²) in [5.41, 5.74) is 0.383. The number of alkyl halides is 3. The van der Waals surface area contributed by atoms with Crippen molar-refractivity contribution >= 4 is 23.3 Å². The quantitative estimate of drug-likeness (QED) is 0.644. The van der Waals surface area contributed by atoms with Crippen molar-refractivity contribution in [2.45, 2.75) is 39.4 Å². The van der Waals surface area contributed by atoms with Gasteiger partial charge in [0, 0.05) is 31.4 Å². The predicted molar refractivity (Wildman–Crippen MR) is 113 cm³/mol. The van der Waals surface area contributed by atoms with E-state index in [1.165, 1.54) is 25.3 Å². The van der Waals surface area contributed by atoms with Crippen LogP contribution in [0.5, 0.6) is 0 Å². The molecule has 0 aliphatic carbocycles. The van der Waals surface area contributed by atoms with E-state index in [2.05, 4.69) is 29.5 Å². The molecular formula is C22H25F3N4O2. The van der Waals surface area contributed by atoms with Crippen LogP contribution in [-0.2, 0) is 15.8 Å². The summed E-state index contributed by atoms with van der Waals surface area (Å²) in [4.78, 5) is 28.6. The molecule has 1 atom stereocenters. The first-order chi connectivity index (χ1) is 14.5. The largest absolute Gasteiger partial charge is 0.418 e. The molecule has 2 amide bonds. The SMILES string of the molecule is CC(=O)NCC(=O)Nc1cc(-c2ccc(N3CC3CC(C)C)c(C(F)(F)F)c2)ccn1. The van der Waals surface area contributed by atoms with E-state index in [9.17, 15) is 22.8 Å². The zero-order valence-corrected chi connectivity index (χ0v) is 17.6. The molecule has 1 unspecified atom stereocenters. The molecule has 9 heteroatoms. The van der Waals surface area contributed by atoms with Crippen LogP contribution in [0.1, 0.15) is 32.8 Å². The second-order valence-electron chi connectivity index (χ2n) is 8.05. The van der Waals surface area contributed by atoms with Gasteiger partial charge in [-0.1, -0.05) is 19.9 Å². The molecule has 1 fully saturated rings. The Bertz CT molecular complexity index is 975. The average Bonchev–Trinajstić information content (AvgIpc) is 3.43. The maximum absolute atomic E-state index is 13.8. The number of benzene rings is 1. The summed E-state index contributed by atoms with van der Waals surface area (Å²) in [6, 6.07) is 7.51. The highest BCUT2D eigenvalue weighted by Gasteiger charge is 2.42. The molecule has 1 aromatic heterocycles. The average molecular weight is 434 g/mol. The monoisotopic (exact) mass is 434 g/mol. The van der Waals surface area contributed by atoms with E-state index in [0.717, 1.165) is 12.5 Å². The van der Waals surface area contributed by atoms with Gasteiger partial charge in [-0.05, 0) is 47.7 Å². The standard InChI is InChI=1S/C22H25F3N4O2/c1-13(2)8-17-12-29(17)19-5-4-15(9-18(19)22(23,24)25)16-6-7-26-20(10-16)28-21(31)11-27-14(3)30/h4-7,9-10,13,17H,8,11-12H2,1-3H3,(H,27,30)(H,26,28,31). The van der Waals surface area contributed by atoms with Gasteiger partial charge in [0.2, 0.25) is 11.8 Å². The van der Waals surface area contributed by atoms with Gasteiger partial charge in [0.1, 0.15) is 5.82 Å². The first kappa shape index (κ1) is 22.6. The summed E-state index contributed by atoms with van der Waals surface area (Å²) in [7, 11) is 0. The van der Waals surface area contributed by atoms with E-state index in [0.29, 0.717) is 23.6 Å². The summed E-state index contributed by atoms with van der Waals surface area (Å²) < 4.78 is 41.4. The Hall–Kier alpha value is -3.10. The van der Waals surface area contributed by atoms with Crippen LogP contribution in [0.2, 0.25) is 0 Å². The van der Waals surface area contributed by atoms with E-state index in [1.807, 2.05) is 0 Å². The Kier molecular flexibility index (Phi) is 6.52. The highest BCUT2D eigenvalue weighted by molar-refractivity contribution is 5.94. The lowest BCUT2D eigenvalue weighted by Gasteiger charge is -2.17. The minimum Gasteiger partial charge on any atom is -0.364 e. The van der Waals surface area contributed by atoms with E-state index < -0.39 is 17.6 Å². The van der Waals surface area contributed by atoms with Crippen LogP contribution in [0.15, 0.2) is 36.5 Å². The first-order valence-electron chi connectivity index (χ1n) is 10.0. The number of hydrogen-bond donors (Lipinski definition) is 2. The van der Waals surface area contributed by atoms with Crippen LogP contribution in [-0.4, -0.2) is 35.9 Å². The van der Waals surface area contributed by atoms with Gasteiger partial charge in [-0.25, -0.2) is 4.98 Å². The van der Waals surface area contributed by atoms with Crippen LogP contribution < -0.4 is 15.5 Å². The summed E-state index contributed by atoms with van der Waals surface area (Å²) >= 11 is 0. The number of carbonyl (C=O) groups excluding carboxylic acids is 2. The van der Waals surface area contributed by atoms with Gasteiger partial charge in [0.15, 0.2) is 0 Å². The van der Waals surface area contributed by atoms with E-state index in [-0.39, 0.29) is 30.0 Å². The summed E-state index contributed by atoms with van der Waals surface area (Å²) in [5, 5.41) is 4.89. The number of amides is 2. The second-order valence-corrected chi connectivity index (χ2v) is 8.05. The molecule has 6 nitrogen and oxygen atoms in total. The molecule has 0 bridgehead atoms. The van der Waals surface area contributed by atoms with Gasteiger partial charge >= 0.3 is 6.18 Å². The van der Waals surface area contributed by atoms with E-state index in [1.54, 1.807) is 17.0 Å². The maximum Gasteiger partial charge on any atom is 0.418 e. The van der Waals surface area contributed by atoms with Crippen LogP contribution >= 0.6 is 0 Å². The molecule has 2 aromatic rings. The second kappa shape index (κ2) is 8.95. The number of anilines is 2. The van der Waals surface area contributed by atoms with Gasteiger partial charge in [0.05, 0.1) is 12.1 Å². The molecular weight excluding hydrogens is 409 g/mol. The van der Waals surface area contributed by atoms with Crippen LogP contribution in [0, 0.1) is 5.92 Å². The number of rotatable bonds is 7. The highest BCUT2D eigenvalue weighted by Crippen LogP contribution is 2.43. The number of carbonyl (C=O) groups is 2. The number of halogens is 3. The molecule has 31 heavy (non-hydrogen) atoms. The Morgan fingerprint density at radius 1 is 1.19 bits per heavy atom. The van der Waals surface area contributed by atoms with Gasteiger partial charge in [-0.15, -0.1) is 0 Å². The minimum absolute atomic E-state index is 0.137. The molecule has 1 aliphatic rings. The Labute approximate surface area is 178 Å². The number of nitrogens with zero attached hydrogens (tertiary/aromatic N) is 2. The lowest BCUT2D eigenvalue weighted by atomic mass is 10.0. The summed E-state index contributed by atoms with van der Waals surface area (Å²) in [6.07, 6.45) is -2.22. The zero-order chi connectivity index (χ0) is 22.8. The molecule has 1 aliphatic heterocycles. The minimum atomic E-state index is -4.49. The van der Waals surface area contributed by atoms with Crippen molar-refractivity contribution < 1.29 is 22.8 Å². The van der Waals surface area contributed by atoms with E-state index in [4.69, 9.17) is 0 Å². The zero-order valence-electron chi connectivity index (χ0n) is 17.6. The maximum atomic E-state index is 13.8. The van der Waals surface area contributed by atoms with Crippen LogP contribution in [0.25, 0.3) is 11.1 Å². The van der Waals surface area contributed by atoms with Gasteiger partial charge in [-0.3, -0.25) is 9.59 Å². The van der Waals surface area contributed by atoms with Crippen molar-refractivity contribution in [2.24, 2.45) is 5.92 Å². The Balaban J connectivity index is 1.83. The Morgan fingerprint density at radius 2 is 1.90 bits per heavy atom. The number of aromatic nitrogens is 1. The molecule has 0 radical (unpaired) electrons. The number of hydrogen-bond acceptors (Lipinski definition) is 4. The fourth-order valence-electron chi connectivity index (χ4n) is 3.48. The van der Waals surface area contributed by atoms with Crippen molar-refractivity contribution in [2.75, 3.05) is 23.3 Å². The van der Waals surface area contributed by atoms with Gasteiger partial charge < -0.3 is 15.5 Å². The normalized spacial score (nSPS) is 15.7. The third-order valence-corrected chi connectivity index (χ3v) is 4.93. The number of nitrogens with one attached hydrogen (secondary N) is 2. The Morgan fingerprint density at radius 3 is 2.55 bits per heavy atom. The van der Waals surface area contributed by atoms with Crippen molar-refractivity contribution in [3.63, 3.8) is 0 Å². The van der Waals surface area contributed by atoms with Crippen LogP contribution in [0.4, 0.5) is 24.7 Å². The fraction of sp³-hybridized carbons (Fsp3) is 0.409. The van der Waals surface area contributed by atoms with Crippen molar-refractivity contribution in [1.29, 1.82) is 0 Å². The van der Waals surface area contributed by atoms with Crippen molar-refractivity contribution in [1.82, 2.24) is 10.3 Å². The summed E-state index contributed by atoms with van der Waals surface area (Å²) in [6.45, 7) is 5.81. The van der Waals surface area contributed by atoms with Gasteiger partial charge in [-0.2, -0.15) is 13.2 Å². The lowest BCUT2D eigenvalue weighted by molar-refractivity contribution is -0.137. The van der Waals surface area contributed by atoms with E-state index >= 15 is 0 Å². The molecule has 2 N–H and O–H groups in total. The lowest BCUT2D eigenvalue weighted by Crippen LogP contribution is -2.31. The third kappa shape index (κ3) is 5.96. The highest BCUT2D eigenvalue weighted by atomic mass is 19.4. The molecule has 3 rings (SSSR count). The smallest absolute Gasteiger partial charge is 0.364 e. The van der Waals surface area contributed by atoms with Crippen LogP contribution in [0.3, 0.4) is 0 Å². The fourth-order valence-corrected chi connectivity index (χ4v) is 3.48. The molecule has 1 aromatic carbocycles. The third-order valence-electron chi connectivity index (χ3n) is 4.93. The molecule has 1 saturated heterocycles. The molecule has 2 heterocycles. The topological polar surface area (TPSA) is 74.1 Å². The molecule has 166 valence electrons. The predicted octanol–water partition coefficient (Wildman–Crippen LogP) is 4.08. The first-order valence-corrected chi connectivity index (χ1v) is 10.0. The van der Waals surface area contributed by atoms with Crippen molar-refractivity contribution in [3.05, 3.63) is 42.1 Å². The summed E-state index contributed by atoms with van der Waals surface area (Å²) in [5.74, 6) is -0.226. The molecule has 0 spiro atoms. The molecule has 0 saturated carbocycles.